The predicted octanol–water partition coefficient (Wildman–Crippen LogP) is 3.80. The summed E-state index contributed by atoms with van der Waals surface area (Å²) in [5.74, 6) is 2.45. The van der Waals surface area contributed by atoms with Gasteiger partial charge in [0.1, 0.15) is 23.9 Å². The van der Waals surface area contributed by atoms with Gasteiger partial charge in [-0.15, -0.1) is 10.2 Å². The van der Waals surface area contributed by atoms with E-state index in [0.717, 1.165) is 0 Å². The van der Waals surface area contributed by atoms with Gasteiger partial charge in [0.2, 0.25) is 5.91 Å². The van der Waals surface area contributed by atoms with Crippen molar-refractivity contribution in [3.63, 3.8) is 0 Å². The van der Waals surface area contributed by atoms with Crippen LogP contribution >= 0.6 is 23.4 Å². The Kier molecular flexibility index (Phi) is 7.42. The van der Waals surface area contributed by atoms with Gasteiger partial charge in [-0.1, -0.05) is 23.4 Å². The highest BCUT2D eigenvalue weighted by molar-refractivity contribution is 7.99. The number of halogens is 1. The lowest BCUT2D eigenvalue weighted by Gasteiger charge is -2.11. The Balaban J connectivity index is 1.56. The van der Waals surface area contributed by atoms with E-state index in [1.807, 2.05) is 7.05 Å². The van der Waals surface area contributed by atoms with Gasteiger partial charge in [0.15, 0.2) is 11.0 Å². The van der Waals surface area contributed by atoms with Crippen molar-refractivity contribution < 1.29 is 19.0 Å². The number of amides is 1. The maximum absolute atomic E-state index is 12.4. The highest BCUT2D eigenvalue weighted by Gasteiger charge is 2.14. The molecule has 0 saturated carbocycles. The molecule has 8 nitrogen and oxygen atoms in total. The van der Waals surface area contributed by atoms with E-state index in [1.165, 1.54) is 11.8 Å². The molecule has 30 heavy (non-hydrogen) atoms. The van der Waals surface area contributed by atoms with E-state index < -0.39 is 0 Å². The number of thioether (sulfide) groups is 1. The Morgan fingerprint density at radius 3 is 2.53 bits per heavy atom. The molecule has 0 unspecified atom stereocenters. The molecule has 0 aliphatic heterocycles. The molecule has 0 bridgehead atoms. The van der Waals surface area contributed by atoms with Crippen molar-refractivity contribution in [2.45, 2.75) is 11.8 Å². The van der Waals surface area contributed by atoms with Crippen molar-refractivity contribution in [2.75, 3.05) is 25.3 Å². The number of hydrogen-bond donors (Lipinski definition) is 1. The number of aromatic nitrogens is 3. The summed E-state index contributed by atoms with van der Waals surface area (Å²) < 4.78 is 18.0. The van der Waals surface area contributed by atoms with Crippen LogP contribution in [-0.2, 0) is 18.4 Å². The third kappa shape index (κ3) is 5.58. The minimum Gasteiger partial charge on any atom is -0.497 e. The van der Waals surface area contributed by atoms with Gasteiger partial charge < -0.3 is 24.1 Å². The number of carbonyl (C=O) groups excluding carboxylic acids is 1. The van der Waals surface area contributed by atoms with Gasteiger partial charge in [-0.3, -0.25) is 4.79 Å². The number of carbonyl (C=O) groups is 1. The van der Waals surface area contributed by atoms with Gasteiger partial charge in [-0.2, -0.15) is 0 Å². The van der Waals surface area contributed by atoms with Crippen molar-refractivity contribution in [3.8, 4) is 17.2 Å². The van der Waals surface area contributed by atoms with Crippen molar-refractivity contribution in [1.82, 2.24) is 14.8 Å². The second kappa shape index (κ2) is 10.2. The number of rotatable bonds is 9. The molecule has 2 aromatic carbocycles. The zero-order valence-corrected chi connectivity index (χ0v) is 18.3. The third-order valence-electron chi connectivity index (χ3n) is 4.12. The molecule has 0 radical (unpaired) electrons. The van der Waals surface area contributed by atoms with E-state index >= 15 is 0 Å². The molecule has 0 spiro atoms. The van der Waals surface area contributed by atoms with E-state index in [1.54, 1.807) is 61.3 Å². The van der Waals surface area contributed by atoms with Gasteiger partial charge in [-0.25, -0.2) is 0 Å². The molecular formula is C20H21ClN4O4S. The molecule has 0 fully saturated rings. The van der Waals surface area contributed by atoms with Crippen LogP contribution in [0.15, 0.2) is 47.6 Å². The van der Waals surface area contributed by atoms with E-state index in [9.17, 15) is 4.79 Å². The normalized spacial score (nSPS) is 10.5. The van der Waals surface area contributed by atoms with E-state index in [-0.39, 0.29) is 18.3 Å². The second-order valence-electron chi connectivity index (χ2n) is 6.10. The summed E-state index contributed by atoms with van der Waals surface area (Å²) in [5.41, 5.74) is 0.539. The molecule has 3 rings (SSSR count). The standard InChI is InChI=1S/C20H21ClN4O4S/c1-25-18(11-29-14-6-4-13(21)5-7-14)23-24-20(25)30-12-19(26)22-16-10-15(27-2)8-9-17(16)28-3/h4-10H,11-12H2,1-3H3,(H,22,26). The number of anilines is 1. The zero-order valence-electron chi connectivity index (χ0n) is 16.7. The van der Waals surface area contributed by atoms with Gasteiger partial charge in [0.05, 0.1) is 25.7 Å². The Hall–Kier alpha value is -2.91. The van der Waals surface area contributed by atoms with Crippen LogP contribution < -0.4 is 19.5 Å². The minimum atomic E-state index is -0.200. The predicted molar refractivity (Wildman–Crippen MR) is 116 cm³/mol. The Morgan fingerprint density at radius 2 is 1.83 bits per heavy atom. The monoisotopic (exact) mass is 448 g/mol. The molecule has 1 heterocycles. The van der Waals surface area contributed by atoms with E-state index in [2.05, 4.69) is 15.5 Å². The smallest absolute Gasteiger partial charge is 0.234 e. The van der Waals surface area contributed by atoms with Crippen molar-refractivity contribution >= 4 is 35.0 Å². The lowest BCUT2D eigenvalue weighted by Crippen LogP contribution is -2.15. The van der Waals surface area contributed by atoms with Crippen LogP contribution in [0.4, 0.5) is 5.69 Å². The van der Waals surface area contributed by atoms with Gasteiger partial charge in [0, 0.05) is 18.1 Å². The lowest BCUT2D eigenvalue weighted by molar-refractivity contribution is -0.113. The fraction of sp³-hybridized carbons (Fsp3) is 0.250. The van der Waals surface area contributed by atoms with E-state index in [0.29, 0.717) is 38.9 Å². The van der Waals surface area contributed by atoms with Crippen molar-refractivity contribution in [2.24, 2.45) is 7.05 Å². The van der Waals surface area contributed by atoms with Gasteiger partial charge in [0.25, 0.3) is 0 Å². The Morgan fingerprint density at radius 1 is 1.10 bits per heavy atom. The number of hydrogen-bond acceptors (Lipinski definition) is 7. The second-order valence-corrected chi connectivity index (χ2v) is 7.48. The number of benzene rings is 2. The van der Waals surface area contributed by atoms with Crippen LogP contribution in [0.3, 0.4) is 0 Å². The van der Waals surface area contributed by atoms with Crippen molar-refractivity contribution in [1.29, 1.82) is 0 Å². The van der Waals surface area contributed by atoms with Crippen LogP contribution in [0.2, 0.25) is 5.02 Å². The average molecular weight is 449 g/mol. The summed E-state index contributed by atoms with van der Waals surface area (Å²) in [7, 11) is 4.93. The van der Waals surface area contributed by atoms with Crippen LogP contribution in [-0.4, -0.2) is 40.6 Å². The number of ether oxygens (including phenoxy) is 3. The highest BCUT2D eigenvalue weighted by atomic mass is 35.5. The van der Waals surface area contributed by atoms with Gasteiger partial charge >= 0.3 is 0 Å². The number of nitrogens with zero attached hydrogens (tertiary/aromatic N) is 3. The molecule has 0 aliphatic rings. The molecule has 0 aliphatic carbocycles. The van der Waals surface area contributed by atoms with Crippen LogP contribution in [0.1, 0.15) is 5.82 Å². The molecule has 0 saturated heterocycles. The summed E-state index contributed by atoms with van der Waals surface area (Å²) in [6.45, 7) is 0.249. The Bertz CT molecular complexity index is 1010. The lowest BCUT2D eigenvalue weighted by atomic mass is 10.2. The van der Waals surface area contributed by atoms with E-state index in [4.69, 9.17) is 25.8 Å². The molecule has 3 aromatic rings. The molecule has 1 N–H and O–H groups in total. The first kappa shape index (κ1) is 21.8. The molecule has 0 atom stereocenters. The molecular weight excluding hydrogens is 428 g/mol. The summed E-state index contributed by atoms with van der Waals surface area (Å²) in [5, 5.41) is 12.3. The first-order valence-electron chi connectivity index (χ1n) is 8.91. The quantitative estimate of drug-likeness (QED) is 0.498. The summed E-state index contributed by atoms with van der Waals surface area (Å²) >= 11 is 7.14. The maximum Gasteiger partial charge on any atom is 0.234 e. The van der Waals surface area contributed by atoms with Gasteiger partial charge in [-0.05, 0) is 36.4 Å². The zero-order chi connectivity index (χ0) is 21.5. The largest absolute Gasteiger partial charge is 0.497 e. The fourth-order valence-electron chi connectivity index (χ4n) is 2.50. The minimum absolute atomic E-state index is 0.157. The van der Waals surface area contributed by atoms with Crippen molar-refractivity contribution in [3.05, 3.63) is 53.3 Å². The topological polar surface area (TPSA) is 87.5 Å². The maximum atomic E-state index is 12.4. The first-order valence-corrected chi connectivity index (χ1v) is 10.3. The van der Waals surface area contributed by atoms with Crippen LogP contribution in [0, 0.1) is 0 Å². The van der Waals surface area contributed by atoms with Crippen LogP contribution in [0.25, 0.3) is 0 Å². The molecule has 10 heteroatoms. The fourth-order valence-corrected chi connectivity index (χ4v) is 3.36. The highest BCUT2D eigenvalue weighted by Crippen LogP contribution is 2.29. The molecule has 1 amide bonds. The first-order chi connectivity index (χ1) is 14.5. The summed E-state index contributed by atoms with van der Waals surface area (Å²) in [6, 6.07) is 12.3. The molecule has 158 valence electrons. The van der Waals surface area contributed by atoms with Crippen LogP contribution in [0.5, 0.6) is 17.2 Å². The number of methoxy groups -OCH3 is 2. The number of nitrogens with one attached hydrogen (secondary N) is 1. The SMILES string of the molecule is COc1ccc(OC)c(NC(=O)CSc2nnc(COc3ccc(Cl)cc3)n2C)c1. The summed E-state index contributed by atoms with van der Waals surface area (Å²) in [4.78, 5) is 12.4. The third-order valence-corrected chi connectivity index (χ3v) is 5.39. The molecule has 1 aromatic heterocycles. The summed E-state index contributed by atoms with van der Waals surface area (Å²) in [6.07, 6.45) is 0. The Labute approximate surface area is 183 Å². The average Bonchev–Trinajstić information content (AvgIpc) is 3.11.